The largest absolute Gasteiger partial charge is 0.493 e. The van der Waals surface area contributed by atoms with E-state index in [4.69, 9.17) is 9.47 Å². The number of ether oxygens (including phenoxy) is 2. The van der Waals surface area contributed by atoms with E-state index in [0.29, 0.717) is 23.6 Å². The van der Waals surface area contributed by atoms with Gasteiger partial charge < -0.3 is 19.4 Å². The quantitative estimate of drug-likeness (QED) is 0.848. The fraction of sp³-hybridized carbons (Fsp3) is 0.333. The Morgan fingerprint density at radius 1 is 1.38 bits per heavy atom. The van der Waals surface area contributed by atoms with Crippen molar-refractivity contribution in [3.63, 3.8) is 0 Å². The summed E-state index contributed by atoms with van der Waals surface area (Å²) < 4.78 is 12.7. The molecule has 0 radical (unpaired) electrons. The predicted octanol–water partition coefficient (Wildman–Crippen LogP) is 2.75. The molecule has 1 aromatic carbocycles. The van der Waals surface area contributed by atoms with Crippen molar-refractivity contribution >= 4 is 12.0 Å². The first-order valence-corrected chi connectivity index (χ1v) is 7.74. The number of methoxy groups -OCH3 is 2. The lowest BCUT2D eigenvalue weighted by Gasteiger charge is -2.16. The number of aromatic nitrogens is 2. The number of amides is 1. The molecule has 0 saturated heterocycles. The van der Waals surface area contributed by atoms with Gasteiger partial charge in [0.1, 0.15) is 0 Å². The fourth-order valence-electron chi connectivity index (χ4n) is 2.49. The van der Waals surface area contributed by atoms with E-state index in [1.165, 1.54) is 0 Å². The molecule has 24 heavy (non-hydrogen) atoms. The molecule has 0 aliphatic rings. The minimum atomic E-state index is -0.158. The number of hydrogen-bond donors (Lipinski definition) is 1. The number of nitrogens with one attached hydrogen (secondary N) is 1. The number of hydrogen-bond acceptors (Lipinski definition) is 4. The number of imidazole rings is 1. The molecule has 6 heteroatoms. The Morgan fingerprint density at radius 2 is 2.17 bits per heavy atom. The van der Waals surface area contributed by atoms with Gasteiger partial charge in [0, 0.05) is 36.1 Å². The molecule has 0 saturated carbocycles. The van der Waals surface area contributed by atoms with Crippen molar-refractivity contribution in [2.45, 2.75) is 26.4 Å². The highest BCUT2D eigenvalue weighted by Gasteiger charge is 2.16. The molecule has 1 atom stereocenters. The molecule has 0 unspecified atom stereocenters. The van der Waals surface area contributed by atoms with E-state index in [-0.39, 0.29) is 11.9 Å². The van der Waals surface area contributed by atoms with Crippen LogP contribution in [0.1, 0.15) is 29.8 Å². The fourth-order valence-corrected chi connectivity index (χ4v) is 2.49. The van der Waals surface area contributed by atoms with Crippen LogP contribution in [0.15, 0.2) is 36.9 Å². The van der Waals surface area contributed by atoms with Crippen LogP contribution in [-0.4, -0.2) is 35.7 Å². The van der Waals surface area contributed by atoms with Gasteiger partial charge in [-0.1, -0.05) is 12.2 Å². The van der Waals surface area contributed by atoms with Crippen LogP contribution in [-0.2, 0) is 6.54 Å². The molecule has 0 fully saturated rings. The normalized spacial score (nSPS) is 12.2. The van der Waals surface area contributed by atoms with Gasteiger partial charge in [-0.15, -0.1) is 0 Å². The zero-order valence-electron chi connectivity index (χ0n) is 14.4. The summed E-state index contributed by atoms with van der Waals surface area (Å²) in [5, 5.41) is 2.98. The molecule has 1 N–H and O–H groups in total. The summed E-state index contributed by atoms with van der Waals surface area (Å²) in [7, 11) is 3.14. The van der Waals surface area contributed by atoms with Crippen molar-refractivity contribution in [2.75, 3.05) is 14.2 Å². The van der Waals surface area contributed by atoms with Gasteiger partial charge in [0.2, 0.25) is 0 Å². The van der Waals surface area contributed by atoms with Crippen LogP contribution >= 0.6 is 0 Å². The lowest BCUT2D eigenvalue weighted by atomic mass is 10.1. The smallest absolute Gasteiger partial charge is 0.251 e. The Hall–Kier alpha value is -2.76. The van der Waals surface area contributed by atoms with Crippen LogP contribution in [0.4, 0.5) is 0 Å². The van der Waals surface area contributed by atoms with E-state index in [1.54, 1.807) is 38.9 Å². The summed E-state index contributed by atoms with van der Waals surface area (Å²) in [5.41, 5.74) is 1.32. The summed E-state index contributed by atoms with van der Waals surface area (Å²) in [4.78, 5) is 16.5. The van der Waals surface area contributed by atoms with Gasteiger partial charge in [-0.25, -0.2) is 4.98 Å². The third-order valence-electron chi connectivity index (χ3n) is 3.54. The van der Waals surface area contributed by atoms with Crippen LogP contribution < -0.4 is 14.8 Å². The van der Waals surface area contributed by atoms with E-state index < -0.39 is 0 Å². The van der Waals surface area contributed by atoms with E-state index in [1.807, 2.05) is 36.8 Å². The first-order valence-electron chi connectivity index (χ1n) is 7.74. The second kappa shape index (κ2) is 8.19. The van der Waals surface area contributed by atoms with Crippen molar-refractivity contribution in [1.29, 1.82) is 0 Å². The van der Waals surface area contributed by atoms with E-state index in [9.17, 15) is 4.79 Å². The van der Waals surface area contributed by atoms with Gasteiger partial charge >= 0.3 is 0 Å². The first kappa shape index (κ1) is 17.6. The Morgan fingerprint density at radius 3 is 2.75 bits per heavy atom. The lowest BCUT2D eigenvalue weighted by molar-refractivity contribution is 0.0936. The van der Waals surface area contributed by atoms with Crippen molar-refractivity contribution < 1.29 is 14.3 Å². The standard InChI is InChI=1S/C18H23N3O3/c1-5-6-14-9-15(10-16(23-3)17(14)24-4)18(22)20-13(2)11-21-8-7-19-12-21/h5-10,12-13H,11H2,1-4H3,(H,20,22)/b6-5+/t13-/m0/s1. The Bertz CT molecular complexity index is 709. The zero-order chi connectivity index (χ0) is 17.5. The number of carbonyl (C=O) groups excluding carboxylic acids is 1. The number of carbonyl (C=O) groups is 1. The second-order valence-corrected chi connectivity index (χ2v) is 5.43. The average Bonchev–Trinajstić information content (AvgIpc) is 3.06. The summed E-state index contributed by atoms with van der Waals surface area (Å²) in [6.45, 7) is 4.51. The summed E-state index contributed by atoms with van der Waals surface area (Å²) in [5.74, 6) is 0.980. The van der Waals surface area contributed by atoms with Crippen LogP contribution in [0, 0.1) is 0 Å². The predicted molar refractivity (Wildman–Crippen MR) is 93.4 cm³/mol. The van der Waals surface area contributed by atoms with Crippen LogP contribution in [0.25, 0.3) is 6.08 Å². The third-order valence-corrected chi connectivity index (χ3v) is 3.54. The minimum absolute atomic E-state index is 0.0371. The number of nitrogens with zero attached hydrogens (tertiary/aromatic N) is 2. The molecule has 2 rings (SSSR count). The molecular weight excluding hydrogens is 306 g/mol. The SMILES string of the molecule is C/C=C/c1cc(C(=O)N[C@@H](C)Cn2ccnc2)cc(OC)c1OC. The van der Waals surface area contributed by atoms with E-state index in [2.05, 4.69) is 10.3 Å². The maximum atomic E-state index is 12.6. The monoisotopic (exact) mass is 329 g/mol. The lowest BCUT2D eigenvalue weighted by Crippen LogP contribution is -2.35. The average molecular weight is 329 g/mol. The Kier molecular flexibility index (Phi) is 6.01. The Balaban J connectivity index is 2.20. The van der Waals surface area contributed by atoms with E-state index >= 15 is 0 Å². The maximum Gasteiger partial charge on any atom is 0.251 e. The summed E-state index contributed by atoms with van der Waals surface area (Å²) in [6.07, 6.45) is 9.08. The molecule has 0 aliphatic heterocycles. The third kappa shape index (κ3) is 4.16. The molecule has 2 aromatic rings. The molecule has 0 spiro atoms. The van der Waals surface area contributed by atoms with Crippen molar-refractivity contribution in [3.8, 4) is 11.5 Å². The van der Waals surface area contributed by atoms with Gasteiger partial charge in [0.05, 0.1) is 20.5 Å². The highest BCUT2D eigenvalue weighted by molar-refractivity contribution is 5.96. The molecule has 6 nitrogen and oxygen atoms in total. The molecular formula is C18H23N3O3. The van der Waals surface area contributed by atoms with E-state index in [0.717, 1.165) is 5.56 Å². The van der Waals surface area contributed by atoms with Crippen LogP contribution in [0.3, 0.4) is 0 Å². The second-order valence-electron chi connectivity index (χ2n) is 5.43. The Labute approximate surface area is 142 Å². The number of rotatable bonds is 7. The summed E-state index contributed by atoms with van der Waals surface area (Å²) in [6, 6.07) is 3.44. The van der Waals surface area contributed by atoms with Gasteiger partial charge in [-0.2, -0.15) is 0 Å². The highest BCUT2D eigenvalue weighted by Crippen LogP contribution is 2.33. The van der Waals surface area contributed by atoms with Gasteiger partial charge in [0.25, 0.3) is 5.91 Å². The number of allylic oxidation sites excluding steroid dienone is 1. The molecule has 128 valence electrons. The molecule has 1 aromatic heterocycles. The number of benzene rings is 1. The van der Waals surface area contributed by atoms with Crippen molar-refractivity contribution in [2.24, 2.45) is 0 Å². The van der Waals surface area contributed by atoms with Gasteiger partial charge in [-0.3, -0.25) is 4.79 Å². The highest BCUT2D eigenvalue weighted by atomic mass is 16.5. The first-order chi connectivity index (χ1) is 11.6. The molecule has 0 aliphatic carbocycles. The van der Waals surface area contributed by atoms with Crippen molar-refractivity contribution in [3.05, 3.63) is 48.1 Å². The molecule has 1 amide bonds. The van der Waals surface area contributed by atoms with Crippen molar-refractivity contribution in [1.82, 2.24) is 14.9 Å². The molecule has 0 bridgehead atoms. The van der Waals surface area contributed by atoms with Gasteiger partial charge in [0.15, 0.2) is 11.5 Å². The van der Waals surface area contributed by atoms with Gasteiger partial charge in [-0.05, 0) is 26.0 Å². The minimum Gasteiger partial charge on any atom is -0.493 e. The summed E-state index contributed by atoms with van der Waals surface area (Å²) >= 11 is 0. The van der Waals surface area contributed by atoms with Crippen LogP contribution in [0.2, 0.25) is 0 Å². The van der Waals surface area contributed by atoms with Crippen LogP contribution in [0.5, 0.6) is 11.5 Å². The zero-order valence-corrected chi connectivity index (χ0v) is 14.4. The maximum absolute atomic E-state index is 12.6. The molecule has 1 heterocycles. The topological polar surface area (TPSA) is 65.4 Å².